The van der Waals surface area contributed by atoms with Crippen LogP contribution in [0.25, 0.3) is 0 Å². The number of hydrogen-bond donors (Lipinski definition) is 2. The molecule has 19 heavy (non-hydrogen) atoms. The normalized spacial score (nSPS) is 15.1. The highest BCUT2D eigenvalue weighted by atomic mass is 19.4. The number of hydrogen-bond acceptors (Lipinski definition) is 3. The van der Waals surface area contributed by atoms with Crippen LogP contribution in [0, 0.1) is 0 Å². The number of halogens is 3. The molecule has 108 valence electrons. The van der Waals surface area contributed by atoms with Crippen molar-refractivity contribution in [1.29, 1.82) is 0 Å². The molecule has 0 aliphatic carbocycles. The number of ether oxygens (including phenoxy) is 1. The Morgan fingerprint density at radius 1 is 1.26 bits per heavy atom. The van der Waals surface area contributed by atoms with Gasteiger partial charge < -0.3 is 15.2 Å². The summed E-state index contributed by atoms with van der Waals surface area (Å²) in [6.45, 7) is 3.86. The fraction of sp³-hybridized carbons (Fsp3) is 0.538. The van der Waals surface area contributed by atoms with E-state index in [4.69, 9.17) is 5.11 Å². The van der Waals surface area contributed by atoms with Crippen molar-refractivity contribution in [2.45, 2.75) is 38.7 Å². The van der Waals surface area contributed by atoms with Gasteiger partial charge in [-0.05, 0) is 31.0 Å². The summed E-state index contributed by atoms with van der Waals surface area (Å²) in [5, 5.41) is 12.3. The summed E-state index contributed by atoms with van der Waals surface area (Å²) in [4.78, 5) is 0. The summed E-state index contributed by atoms with van der Waals surface area (Å²) in [6.07, 6.45) is -3.90. The minimum atomic E-state index is -4.67. The van der Waals surface area contributed by atoms with Gasteiger partial charge in [0.05, 0.1) is 6.61 Å². The van der Waals surface area contributed by atoms with E-state index in [0.29, 0.717) is 0 Å². The first-order valence-corrected chi connectivity index (χ1v) is 6.08. The molecule has 1 unspecified atom stereocenters. The molecule has 1 aromatic rings. The molecular weight excluding hydrogens is 259 g/mol. The zero-order chi connectivity index (χ0) is 14.5. The third-order valence-electron chi connectivity index (χ3n) is 2.81. The van der Waals surface area contributed by atoms with Crippen LogP contribution in [0.2, 0.25) is 0 Å². The van der Waals surface area contributed by atoms with E-state index in [9.17, 15) is 13.2 Å². The second kappa shape index (κ2) is 6.77. The molecule has 6 heteroatoms. The van der Waals surface area contributed by atoms with E-state index in [-0.39, 0.29) is 24.4 Å². The summed E-state index contributed by atoms with van der Waals surface area (Å²) in [6, 6.07) is 5.62. The quantitative estimate of drug-likeness (QED) is 0.840. The van der Waals surface area contributed by atoms with Crippen molar-refractivity contribution in [3.8, 4) is 5.75 Å². The molecule has 0 aliphatic rings. The van der Waals surface area contributed by atoms with Gasteiger partial charge in [0.25, 0.3) is 0 Å². The van der Waals surface area contributed by atoms with E-state index in [0.717, 1.165) is 12.0 Å². The summed E-state index contributed by atoms with van der Waals surface area (Å²) in [5.74, 6) is -0.238. The lowest BCUT2D eigenvalue weighted by Crippen LogP contribution is -2.33. The van der Waals surface area contributed by atoms with Gasteiger partial charge in [0.15, 0.2) is 0 Å². The Bertz CT molecular complexity index is 374. The molecule has 0 fully saturated rings. The standard InChI is InChI=1S/C13H18F3NO2/c1-3-11(8-18)17-9(2)10-4-6-12(7-5-10)19-13(14,15)16/h4-7,9,11,17-18H,3,8H2,1-2H3/t9?,11-/m0/s1. The van der Waals surface area contributed by atoms with Gasteiger partial charge in [-0.2, -0.15) is 0 Å². The van der Waals surface area contributed by atoms with Crippen LogP contribution < -0.4 is 10.1 Å². The fourth-order valence-corrected chi connectivity index (χ4v) is 1.71. The number of aliphatic hydroxyl groups is 1. The molecule has 0 saturated carbocycles. The van der Waals surface area contributed by atoms with E-state index in [1.165, 1.54) is 12.1 Å². The largest absolute Gasteiger partial charge is 0.573 e. The Hall–Kier alpha value is -1.27. The maximum absolute atomic E-state index is 12.0. The molecule has 0 amide bonds. The maximum Gasteiger partial charge on any atom is 0.573 e. The summed E-state index contributed by atoms with van der Waals surface area (Å²) in [7, 11) is 0. The van der Waals surface area contributed by atoms with Gasteiger partial charge in [0, 0.05) is 12.1 Å². The molecule has 0 saturated heterocycles. The lowest BCUT2D eigenvalue weighted by atomic mass is 10.1. The smallest absolute Gasteiger partial charge is 0.406 e. The van der Waals surface area contributed by atoms with E-state index in [1.54, 1.807) is 12.1 Å². The maximum atomic E-state index is 12.0. The average Bonchev–Trinajstić information content (AvgIpc) is 2.34. The molecule has 0 heterocycles. The monoisotopic (exact) mass is 277 g/mol. The summed E-state index contributed by atoms with van der Waals surface area (Å²) >= 11 is 0. The second-order valence-electron chi connectivity index (χ2n) is 4.29. The van der Waals surface area contributed by atoms with Gasteiger partial charge in [0.2, 0.25) is 0 Å². The number of alkyl halides is 3. The molecule has 0 radical (unpaired) electrons. The molecule has 0 spiro atoms. The Kier molecular flexibility index (Phi) is 5.62. The molecular formula is C13H18F3NO2. The van der Waals surface area contributed by atoms with Crippen molar-refractivity contribution in [3.63, 3.8) is 0 Å². The molecule has 2 N–H and O–H groups in total. The zero-order valence-corrected chi connectivity index (χ0v) is 10.9. The first kappa shape index (κ1) is 15.8. The topological polar surface area (TPSA) is 41.5 Å². The average molecular weight is 277 g/mol. The summed E-state index contributed by atoms with van der Waals surface area (Å²) < 4.78 is 39.8. The highest BCUT2D eigenvalue weighted by Crippen LogP contribution is 2.24. The molecule has 0 aliphatic heterocycles. The van der Waals surface area contributed by atoms with Gasteiger partial charge in [-0.1, -0.05) is 19.1 Å². The fourth-order valence-electron chi connectivity index (χ4n) is 1.71. The molecule has 2 atom stereocenters. The molecule has 0 aromatic heterocycles. The first-order chi connectivity index (χ1) is 8.85. The Morgan fingerprint density at radius 2 is 1.84 bits per heavy atom. The van der Waals surface area contributed by atoms with Crippen molar-refractivity contribution >= 4 is 0 Å². The van der Waals surface area contributed by atoms with Gasteiger partial charge in [-0.3, -0.25) is 0 Å². The van der Waals surface area contributed by atoms with Crippen LogP contribution >= 0.6 is 0 Å². The van der Waals surface area contributed by atoms with Crippen LogP contribution in [0.4, 0.5) is 13.2 Å². The third-order valence-corrected chi connectivity index (χ3v) is 2.81. The van der Waals surface area contributed by atoms with Gasteiger partial charge in [-0.25, -0.2) is 0 Å². The molecule has 1 aromatic carbocycles. The van der Waals surface area contributed by atoms with Crippen molar-refractivity contribution in [1.82, 2.24) is 5.32 Å². The van der Waals surface area contributed by atoms with E-state index < -0.39 is 6.36 Å². The van der Waals surface area contributed by atoms with Crippen LogP contribution in [0.3, 0.4) is 0 Å². The van der Waals surface area contributed by atoms with Crippen LogP contribution in [0.1, 0.15) is 31.9 Å². The Morgan fingerprint density at radius 3 is 2.26 bits per heavy atom. The van der Waals surface area contributed by atoms with Crippen molar-refractivity contribution < 1.29 is 23.0 Å². The van der Waals surface area contributed by atoms with Crippen molar-refractivity contribution in [2.24, 2.45) is 0 Å². The van der Waals surface area contributed by atoms with Crippen LogP contribution in [0.5, 0.6) is 5.75 Å². The van der Waals surface area contributed by atoms with Crippen LogP contribution in [-0.4, -0.2) is 24.1 Å². The highest BCUT2D eigenvalue weighted by Gasteiger charge is 2.31. The lowest BCUT2D eigenvalue weighted by Gasteiger charge is -2.21. The Labute approximate surface area is 110 Å². The van der Waals surface area contributed by atoms with Crippen LogP contribution in [0.15, 0.2) is 24.3 Å². The predicted molar refractivity (Wildman–Crippen MR) is 65.8 cm³/mol. The second-order valence-corrected chi connectivity index (χ2v) is 4.29. The molecule has 0 bridgehead atoms. The number of aliphatic hydroxyl groups excluding tert-OH is 1. The minimum Gasteiger partial charge on any atom is -0.406 e. The lowest BCUT2D eigenvalue weighted by molar-refractivity contribution is -0.274. The number of rotatable bonds is 6. The van der Waals surface area contributed by atoms with Gasteiger partial charge >= 0.3 is 6.36 Å². The van der Waals surface area contributed by atoms with Crippen molar-refractivity contribution in [3.05, 3.63) is 29.8 Å². The highest BCUT2D eigenvalue weighted by molar-refractivity contribution is 5.29. The van der Waals surface area contributed by atoms with Gasteiger partial charge in [-0.15, -0.1) is 13.2 Å². The summed E-state index contributed by atoms with van der Waals surface area (Å²) in [5.41, 5.74) is 0.835. The van der Waals surface area contributed by atoms with Crippen molar-refractivity contribution in [2.75, 3.05) is 6.61 Å². The SMILES string of the molecule is CC[C@@H](CO)NC(C)c1ccc(OC(F)(F)F)cc1. The van der Waals surface area contributed by atoms with E-state index in [1.807, 2.05) is 13.8 Å². The zero-order valence-electron chi connectivity index (χ0n) is 10.9. The molecule has 3 nitrogen and oxygen atoms in total. The van der Waals surface area contributed by atoms with Gasteiger partial charge in [0.1, 0.15) is 5.75 Å². The van der Waals surface area contributed by atoms with Crippen LogP contribution in [-0.2, 0) is 0 Å². The number of benzene rings is 1. The number of nitrogens with one attached hydrogen (secondary N) is 1. The van der Waals surface area contributed by atoms with E-state index >= 15 is 0 Å². The third kappa shape index (κ3) is 5.48. The van der Waals surface area contributed by atoms with E-state index in [2.05, 4.69) is 10.1 Å². The minimum absolute atomic E-state index is 0.0239. The first-order valence-electron chi connectivity index (χ1n) is 6.08. The molecule has 1 rings (SSSR count). The predicted octanol–water partition coefficient (Wildman–Crippen LogP) is 3.01. The Balaban J connectivity index is 2.65.